The van der Waals surface area contributed by atoms with Crippen molar-refractivity contribution in [3.05, 3.63) is 12.7 Å². The first kappa shape index (κ1) is 34.8. The van der Waals surface area contributed by atoms with E-state index in [1.807, 2.05) is 6.92 Å². The lowest BCUT2D eigenvalue weighted by molar-refractivity contribution is -0.145. The van der Waals surface area contributed by atoms with Crippen molar-refractivity contribution in [1.29, 1.82) is 0 Å². The van der Waals surface area contributed by atoms with Crippen LogP contribution in [0.4, 0.5) is 0 Å². The van der Waals surface area contributed by atoms with Crippen molar-refractivity contribution in [3.63, 3.8) is 0 Å². The standard InChI is InChI=1S/C30H53NO6/c1-4-7-8-15-20-25-31(28(33)23-18-13-11-14-19-24-30(35)36-6-3)27(32)22-17-12-9-10-16-21-26-37-29(34)5-2/h5H,2,4,6-26H2,1,3H3. The second-order valence-corrected chi connectivity index (χ2v) is 9.67. The van der Waals surface area contributed by atoms with Gasteiger partial charge in [0.2, 0.25) is 11.8 Å². The zero-order valence-corrected chi connectivity index (χ0v) is 23.7. The van der Waals surface area contributed by atoms with Crippen LogP contribution in [0.25, 0.3) is 0 Å². The number of amides is 2. The van der Waals surface area contributed by atoms with E-state index < -0.39 is 0 Å². The maximum Gasteiger partial charge on any atom is 0.330 e. The van der Waals surface area contributed by atoms with Crippen LogP contribution in [-0.4, -0.2) is 48.4 Å². The zero-order chi connectivity index (χ0) is 27.6. The molecule has 0 bridgehead atoms. The fourth-order valence-electron chi connectivity index (χ4n) is 4.16. The molecule has 0 rings (SSSR count). The van der Waals surface area contributed by atoms with Crippen molar-refractivity contribution in [1.82, 2.24) is 4.90 Å². The molecule has 0 unspecified atom stereocenters. The lowest BCUT2D eigenvalue weighted by Crippen LogP contribution is -2.37. The van der Waals surface area contributed by atoms with Gasteiger partial charge in [0, 0.05) is 31.9 Å². The molecule has 0 saturated carbocycles. The molecule has 0 atom stereocenters. The first-order chi connectivity index (χ1) is 18.0. The van der Waals surface area contributed by atoms with Crippen LogP contribution in [0.15, 0.2) is 12.7 Å². The SMILES string of the molecule is C=CC(=O)OCCCCCCCCC(=O)N(CCCCCCC)C(=O)CCCCCCCC(=O)OCC. The van der Waals surface area contributed by atoms with Crippen molar-refractivity contribution in [3.8, 4) is 0 Å². The molecule has 0 heterocycles. The maximum atomic E-state index is 12.9. The van der Waals surface area contributed by atoms with E-state index in [4.69, 9.17) is 9.47 Å². The summed E-state index contributed by atoms with van der Waals surface area (Å²) in [5.41, 5.74) is 0. The minimum Gasteiger partial charge on any atom is -0.466 e. The van der Waals surface area contributed by atoms with Gasteiger partial charge in [0.1, 0.15) is 0 Å². The summed E-state index contributed by atoms with van der Waals surface area (Å²) in [6, 6.07) is 0. The molecule has 0 radical (unpaired) electrons. The molecule has 0 aromatic rings. The van der Waals surface area contributed by atoms with Gasteiger partial charge in [-0.15, -0.1) is 0 Å². The molecule has 214 valence electrons. The van der Waals surface area contributed by atoms with Gasteiger partial charge in [-0.3, -0.25) is 19.3 Å². The van der Waals surface area contributed by atoms with Crippen LogP contribution in [0.2, 0.25) is 0 Å². The Morgan fingerprint density at radius 1 is 0.622 bits per heavy atom. The number of carbonyl (C=O) groups excluding carboxylic acids is 4. The lowest BCUT2D eigenvalue weighted by atomic mass is 10.1. The number of imide groups is 1. The average Bonchev–Trinajstić information content (AvgIpc) is 2.88. The Labute approximate surface area is 225 Å². The third-order valence-corrected chi connectivity index (χ3v) is 6.36. The van der Waals surface area contributed by atoms with Crippen molar-refractivity contribution in [2.45, 2.75) is 136 Å². The zero-order valence-electron chi connectivity index (χ0n) is 23.7. The van der Waals surface area contributed by atoms with E-state index in [0.717, 1.165) is 89.9 Å². The molecule has 0 fully saturated rings. The summed E-state index contributed by atoms with van der Waals surface area (Å²) in [6.45, 7) is 8.73. The summed E-state index contributed by atoms with van der Waals surface area (Å²) >= 11 is 0. The van der Waals surface area contributed by atoms with E-state index in [9.17, 15) is 19.2 Å². The highest BCUT2D eigenvalue weighted by molar-refractivity contribution is 5.95. The quantitative estimate of drug-likeness (QED) is 0.0722. The van der Waals surface area contributed by atoms with Crippen LogP contribution in [0.3, 0.4) is 0 Å². The van der Waals surface area contributed by atoms with Gasteiger partial charge in [-0.1, -0.05) is 84.1 Å². The summed E-state index contributed by atoms with van der Waals surface area (Å²) in [5, 5.41) is 0. The van der Waals surface area contributed by atoms with Gasteiger partial charge in [-0.2, -0.15) is 0 Å². The summed E-state index contributed by atoms with van der Waals surface area (Å²) in [6.07, 6.45) is 18.0. The highest BCUT2D eigenvalue weighted by Crippen LogP contribution is 2.14. The van der Waals surface area contributed by atoms with Crippen LogP contribution < -0.4 is 0 Å². The number of unbranched alkanes of at least 4 members (excludes halogenated alkanes) is 13. The fraction of sp³-hybridized carbons (Fsp3) is 0.800. The molecule has 0 spiro atoms. The Morgan fingerprint density at radius 2 is 1.11 bits per heavy atom. The topological polar surface area (TPSA) is 90.0 Å². The van der Waals surface area contributed by atoms with Gasteiger partial charge < -0.3 is 9.47 Å². The first-order valence-electron chi connectivity index (χ1n) is 14.7. The van der Waals surface area contributed by atoms with E-state index in [2.05, 4.69) is 13.5 Å². The smallest absolute Gasteiger partial charge is 0.330 e. The molecule has 0 N–H and O–H groups in total. The monoisotopic (exact) mass is 523 g/mol. The molecule has 0 aliphatic heterocycles. The highest BCUT2D eigenvalue weighted by atomic mass is 16.5. The first-order valence-corrected chi connectivity index (χ1v) is 14.7. The Bertz CT molecular complexity index is 634. The van der Waals surface area contributed by atoms with Gasteiger partial charge in [-0.25, -0.2) is 4.79 Å². The van der Waals surface area contributed by atoms with Gasteiger partial charge in [0.05, 0.1) is 13.2 Å². The summed E-state index contributed by atoms with van der Waals surface area (Å²) in [5.74, 6) is -0.598. The summed E-state index contributed by atoms with van der Waals surface area (Å²) < 4.78 is 9.90. The highest BCUT2D eigenvalue weighted by Gasteiger charge is 2.20. The van der Waals surface area contributed by atoms with E-state index in [0.29, 0.717) is 39.0 Å². The van der Waals surface area contributed by atoms with Crippen LogP contribution >= 0.6 is 0 Å². The average molecular weight is 524 g/mol. The predicted molar refractivity (Wildman–Crippen MR) is 148 cm³/mol. The molecule has 0 saturated heterocycles. The molecule has 7 heteroatoms. The third kappa shape index (κ3) is 21.6. The van der Waals surface area contributed by atoms with E-state index in [1.54, 1.807) is 0 Å². The molecule has 7 nitrogen and oxygen atoms in total. The van der Waals surface area contributed by atoms with Gasteiger partial charge in [0.25, 0.3) is 0 Å². The van der Waals surface area contributed by atoms with Crippen molar-refractivity contribution in [2.24, 2.45) is 0 Å². The van der Waals surface area contributed by atoms with E-state index >= 15 is 0 Å². The number of nitrogens with zero attached hydrogens (tertiary/aromatic N) is 1. The number of esters is 2. The summed E-state index contributed by atoms with van der Waals surface area (Å²) in [7, 11) is 0. The normalized spacial score (nSPS) is 10.6. The second kappa shape index (κ2) is 25.5. The second-order valence-electron chi connectivity index (χ2n) is 9.67. The fourth-order valence-corrected chi connectivity index (χ4v) is 4.16. The van der Waals surface area contributed by atoms with Crippen LogP contribution in [0.1, 0.15) is 136 Å². The molecule has 0 aliphatic rings. The third-order valence-electron chi connectivity index (χ3n) is 6.36. The van der Waals surface area contributed by atoms with Crippen molar-refractivity contribution < 1.29 is 28.7 Å². The van der Waals surface area contributed by atoms with Crippen LogP contribution in [0.5, 0.6) is 0 Å². The van der Waals surface area contributed by atoms with Crippen LogP contribution in [0, 0.1) is 0 Å². The lowest BCUT2D eigenvalue weighted by Gasteiger charge is -2.21. The Kier molecular flexibility index (Phi) is 24.0. The molecule has 2 amide bonds. The van der Waals surface area contributed by atoms with Gasteiger partial charge in [-0.05, 0) is 39.0 Å². The number of ether oxygens (including phenoxy) is 2. The number of carbonyl (C=O) groups is 4. The largest absolute Gasteiger partial charge is 0.466 e. The molecule has 0 aromatic carbocycles. The number of hydrogen-bond acceptors (Lipinski definition) is 6. The van der Waals surface area contributed by atoms with Crippen LogP contribution in [-0.2, 0) is 28.7 Å². The molecule has 0 aromatic heterocycles. The Morgan fingerprint density at radius 3 is 1.65 bits per heavy atom. The Balaban J connectivity index is 4.22. The van der Waals surface area contributed by atoms with Crippen molar-refractivity contribution in [2.75, 3.05) is 19.8 Å². The molecule has 37 heavy (non-hydrogen) atoms. The van der Waals surface area contributed by atoms with Gasteiger partial charge in [0.15, 0.2) is 0 Å². The molecular weight excluding hydrogens is 470 g/mol. The molecule has 0 aliphatic carbocycles. The summed E-state index contributed by atoms with van der Waals surface area (Å²) in [4.78, 5) is 49.6. The van der Waals surface area contributed by atoms with E-state index in [1.165, 1.54) is 23.8 Å². The molecular formula is C30H53NO6. The van der Waals surface area contributed by atoms with E-state index in [-0.39, 0.29) is 23.8 Å². The minimum atomic E-state index is -0.381. The minimum absolute atomic E-state index is 0.0359. The van der Waals surface area contributed by atoms with Crippen molar-refractivity contribution >= 4 is 23.8 Å². The number of rotatable bonds is 25. The Hall–Kier alpha value is -2.18. The maximum absolute atomic E-state index is 12.9. The predicted octanol–water partition coefficient (Wildman–Crippen LogP) is 7.07. The number of hydrogen-bond donors (Lipinski definition) is 0. The van der Waals surface area contributed by atoms with Gasteiger partial charge >= 0.3 is 11.9 Å².